The molecular formula is C31H44N10O16. The highest BCUT2D eigenvalue weighted by Crippen LogP contribution is 2.29. The maximum Gasteiger partial charge on any atom is 0.330 e. The zero-order valence-electron chi connectivity index (χ0n) is 30.4. The van der Waals surface area contributed by atoms with Crippen LogP contribution in [0.1, 0.15) is 31.5 Å². The third kappa shape index (κ3) is 9.59. The van der Waals surface area contributed by atoms with Crippen LogP contribution in [0.5, 0.6) is 0 Å². The first kappa shape index (κ1) is 42.0. The Morgan fingerprint density at radius 3 is 1.70 bits per heavy atom. The molecule has 0 aliphatic carbocycles. The maximum absolute atomic E-state index is 12.2. The Kier molecular flexibility index (Phi) is 13.2. The Morgan fingerprint density at radius 1 is 0.737 bits per heavy atom. The predicted octanol–water partition coefficient (Wildman–Crippen LogP) is -7.33. The fourth-order valence-corrected chi connectivity index (χ4v) is 6.65. The molecule has 3 fully saturated rings. The summed E-state index contributed by atoms with van der Waals surface area (Å²) in [6.07, 6.45) is -12.4. The molecule has 0 saturated carbocycles. The van der Waals surface area contributed by atoms with Gasteiger partial charge in [-0.15, -0.1) is 10.2 Å². The fraction of sp³-hybridized carbons (Fsp3) is 0.677. The average Bonchev–Trinajstić information content (AvgIpc) is 3.88. The summed E-state index contributed by atoms with van der Waals surface area (Å²) in [5.74, 6) is -1.08. The largest absolute Gasteiger partial charge is 0.394 e. The molecule has 26 nitrogen and oxygen atoms in total. The second kappa shape index (κ2) is 17.9. The lowest BCUT2D eigenvalue weighted by Crippen LogP contribution is -2.64. The summed E-state index contributed by atoms with van der Waals surface area (Å²) in [5.41, 5.74) is -1.03. The number of amides is 2. The van der Waals surface area contributed by atoms with E-state index in [0.717, 1.165) is 16.8 Å². The molecule has 0 radical (unpaired) electrons. The van der Waals surface area contributed by atoms with Crippen molar-refractivity contribution in [3.63, 3.8) is 0 Å². The van der Waals surface area contributed by atoms with E-state index in [1.807, 2.05) is 0 Å². The molecule has 3 aromatic rings. The highest BCUT2D eigenvalue weighted by molar-refractivity contribution is 5.73. The lowest BCUT2D eigenvalue weighted by atomic mass is 9.96. The number of aromatic amines is 1. The summed E-state index contributed by atoms with van der Waals surface area (Å²) >= 11 is 0. The third-order valence-corrected chi connectivity index (χ3v) is 9.48. The lowest BCUT2D eigenvalue weighted by molar-refractivity contribution is -0.273. The van der Waals surface area contributed by atoms with Crippen LogP contribution in [0.3, 0.4) is 0 Å². The van der Waals surface area contributed by atoms with Crippen molar-refractivity contribution in [3.8, 4) is 0 Å². The van der Waals surface area contributed by atoms with Gasteiger partial charge in [0.1, 0.15) is 78.4 Å². The summed E-state index contributed by atoms with van der Waals surface area (Å²) in [6, 6.07) is -1.35. The van der Waals surface area contributed by atoms with Gasteiger partial charge in [-0.05, 0) is 0 Å². The first-order valence-corrected chi connectivity index (χ1v) is 17.7. The molecule has 26 heteroatoms. The number of nitrogens with one attached hydrogen (secondary N) is 3. The minimum atomic E-state index is -1.58. The van der Waals surface area contributed by atoms with Crippen LogP contribution in [-0.2, 0) is 59.6 Å². The van der Waals surface area contributed by atoms with Crippen molar-refractivity contribution in [3.05, 3.63) is 56.9 Å². The average molecular weight is 813 g/mol. The number of aromatic nitrogens is 8. The number of carbonyl (C=O) groups is 2. The van der Waals surface area contributed by atoms with Gasteiger partial charge in [-0.1, -0.05) is 10.4 Å². The number of nitrogens with zero attached hydrogens (tertiary/aromatic N) is 7. The molecule has 0 aromatic carbocycles. The molecule has 3 saturated heterocycles. The highest BCUT2D eigenvalue weighted by atomic mass is 16.7. The van der Waals surface area contributed by atoms with Crippen LogP contribution in [0.4, 0.5) is 0 Å². The summed E-state index contributed by atoms with van der Waals surface area (Å²) in [5, 5.41) is 94.4. The minimum Gasteiger partial charge on any atom is -0.394 e. The molecule has 3 aliphatic heterocycles. The predicted molar refractivity (Wildman–Crippen MR) is 181 cm³/mol. The van der Waals surface area contributed by atoms with E-state index in [-0.39, 0.29) is 37.7 Å². The molecule has 0 bridgehead atoms. The summed E-state index contributed by atoms with van der Waals surface area (Å²) in [6.45, 7) is 0.919. The van der Waals surface area contributed by atoms with Crippen LogP contribution >= 0.6 is 0 Å². The Morgan fingerprint density at radius 2 is 1.21 bits per heavy atom. The SMILES string of the molecule is CC(=O)N[C@H]1[C@H](OCc2cn(C[C@@H]3O[C@H](n4ccc(=O)[nH]c4=O)[C@@H](O)[C@H]3O)nn2)O[C@H](Cn2cc(CO[C@@H]3O[C@H](CO)[C@@H](O)[C@H](O)[C@H]3NC(C)=O)nn2)[C@@H](O)[C@@H]1O. The number of rotatable bonds is 14. The third-order valence-electron chi connectivity index (χ3n) is 9.48. The van der Waals surface area contributed by atoms with Gasteiger partial charge in [0.05, 0.1) is 45.3 Å². The van der Waals surface area contributed by atoms with E-state index in [9.17, 15) is 54.9 Å². The van der Waals surface area contributed by atoms with Crippen molar-refractivity contribution in [2.45, 2.75) is 126 Å². The number of aliphatic hydroxyl groups excluding tert-OH is 7. The van der Waals surface area contributed by atoms with Gasteiger partial charge in [-0.2, -0.15) is 0 Å². The van der Waals surface area contributed by atoms with E-state index in [4.69, 9.17) is 23.7 Å². The Bertz CT molecular complexity index is 1960. The van der Waals surface area contributed by atoms with Gasteiger partial charge < -0.3 is 70.1 Å². The van der Waals surface area contributed by atoms with E-state index in [1.54, 1.807) is 0 Å². The lowest BCUT2D eigenvalue weighted by Gasteiger charge is -2.42. The Hall–Kier alpha value is -4.58. The summed E-state index contributed by atoms with van der Waals surface area (Å²) in [7, 11) is 0. The van der Waals surface area contributed by atoms with Crippen molar-refractivity contribution in [1.82, 2.24) is 50.2 Å². The molecule has 314 valence electrons. The molecule has 6 rings (SSSR count). The molecule has 0 unspecified atom stereocenters. The van der Waals surface area contributed by atoms with E-state index in [1.165, 1.54) is 35.6 Å². The molecule has 0 spiro atoms. The number of hydrogen-bond donors (Lipinski definition) is 10. The topological polar surface area (TPSA) is 362 Å². The van der Waals surface area contributed by atoms with Gasteiger partial charge in [0.2, 0.25) is 11.8 Å². The number of aliphatic hydroxyl groups is 7. The van der Waals surface area contributed by atoms with E-state index in [0.29, 0.717) is 0 Å². The van der Waals surface area contributed by atoms with E-state index in [2.05, 4.69) is 36.2 Å². The van der Waals surface area contributed by atoms with Crippen molar-refractivity contribution in [1.29, 1.82) is 0 Å². The smallest absolute Gasteiger partial charge is 0.330 e. The molecule has 3 aromatic heterocycles. The molecule has 2 amide bonds. The standard InChI is InChI=1S/C31H44N10O16/c1-12(43)32-20-25(49)22(46)17(8-40-6-15(36-38-40)11-54-30-21(33-13(2)44)26(50)24(48)18(9-42)57-30)56-29(20)53-10-14-5-39(37-35-14)7-16-23(47)27(51)28(55-16)41-4-3-19(45)34-31(41)52/h3-6,16-18,20-30,42,46-51H,7-11H2,1-2H3,(H,32,43)(H,33,44)(H,34,45,52)/t16-,17+,18+,20+,21+,22+,23-,24+,25+,26+,27-,28-,29+,30+/m0/s1. The van der Waals surface area contributed by atoms with Gasteiger partial charge in [-0.25, -0.2) is 14.2 Å². The van der Waals surface area contributed by atoms with Crippen LogP contribution < -0.4 is 21.9 Å². The molecule has 3 aliphatic rings. The van der Waals surface area contributed by atoms with Gasteiger partial charge in [0.25, 0.3) is 5.56 Å². The van der Waals surface area contributed by atoms with Gasteiger partial charge in [0, 0.05) is 26.1 Å². The van der Waals surface area contributed by atoms with Crippen molar-refractivity contribution < 1.29 is 69.0 Å². The van der Waals surface area contributed by atoms with Crippen molar-refractivity contribution in [2.75, 3.05) is 6.61 Å². The van der Waals surface area contributed by atoms with Crippen molar-refractivity contribution in [2.24, 2.45) is 0 Å². The van der Waals surface area contributed by atoms with E-state index >= 15 is 0 Å². The van der Waals surface area contributed by atoms with Gasteiger partial charge in [0.15, 0.2) is 18.8 Å². The number of ether oxygens (including phenoxy) is 5. The second-order valence-corrected chi connectivity index (χ2v) is 13.7. The monoisotopic (exact) mass is 812 g/mol. The zero-order chi connectivity index (χ0) is 41.1. The van der Waals surface area contributed by atoms with Crippen LogP contribution in [0.25, 0.3) is 0 Å². The number of H-pyrrole nitrogens is 1. The van der Waals surface area contributed by atoms with Gasteiger partial charge in [-0.3, -0.25) is 23.9 Å². The number of carbonyl (C=O) groups excluding carboxylic acids is 2. The minimum absolute atomic E-state index is 0.121. The zero-order valence-corrected chi connectivity index (χ0v) is 30.4. The van der Waals surface area contributed by atoms with Gasteiger partial charge >= 0.3 is 5.69 Å². The molecule has 14 atom stereocenters. The normalized spacial score (nSPS) is 34.3. The Balaban J connectivity index is 1.06. The number of hydrogen-bond acceptors (Lipinski definition) is 20. The van der Waals surface area contributed by atoms with Crippen molar-refractivity contribution >= 4 is 11.8 Å². The molecule has 10 N–H and O–H groups in total. The first-order chi connectivity index (χ1) is 27.1. The van der Waals surface area contributed by atoms with Crippen LogP contribution in [0.2, 0.25) is 0 Å². The van der Waals surface area contributed by atoms with Crippen LogP contribution in [0, 0.1) is 0 Å². The molecular weight excluding hydrogens is 768 g/mol. The summed E-state index contributed by atoms with van der Waals surface area (Å²) < 4.78 is 32.4. The van der Waals surface area contributed by atoms with E-state index < -0.39 is 115 Å². The maximum atomic E-state index is 12.2. The first-order valence-electron chi connectivity index (χ1n) is 17.7. The quantitative estimate of drug-likeness (QED) is 0.0723. The summed E-state index contributed by atoms with van der Waals surface area (Å²) in [4.78, 5) is 49.4. The fourth-order valence-electron chi connectivity index (χ4n) is 6.65. The molecule has 6 heterocycles. The van der Waals surface area contributed by atoms with Crippen LogP contribution in [-0.4, -0.2) is 173 Å². The van der Waals surface area contributed by atoms with Crippen LogP contribution in [0.15, 0.2) is 34.2 Å². The Labute approximate surface area is 320 Å². The second-order valence-electron chi connectivity index (χ2n) is 13.7. The molecule has 57 heavy (non-hydrogen) atoms. The highest BCUT2D eigenvalue weighted by Gasteiger charge is 2.48.